The highest BCUT2D eigenvalue weighted by atomic mass is 79.9. The molecule has 0 aliphatic carbocycles. The molecule has 0 spiro atoms. The number of nitrogens with one attached hydrogen (secondary N) is 1. The number of rotatable bonds is 6. The molecule has 0 saturated carbocycles. The molecule has 0 aliphatic rings. The monoisotopic (exact) mass is 350 g/mol. The van der Waals surface area contributed by atoms with Crippen molar-refractivity contribution in [3.05, 3.63) is 39.6 Å². The van der Waals surface area contributed by atoms with Crippen LogP contribution in [0.5, 0.6) is 0 Å². The molecule has 0 aliphatic heterocycles. The molecule has 0 bridgehead atoms. The van der Waals surface area contributed by atoms with Crippen molar-refractivity contribution in [2.75, 3.05) is 6.54 Å². The number of hydrogen-bond acceptors (Lipinski definition) is 3. The molecule has 0 saturated heterocycles. The van der Waals surface area contributed by atoms with E-state index in [1.807, 2.05) is 4.68 Å². The fourth-order valence-electron chi connectivity index (χ4n) is 2.58. The van der Waals surface area contributed by atoms with E-state index in [2.05, 4.69) is 77.5 Å². The lowest BCUT2D eigenvalue weighted by Crippen LogP contribution is -2.21. The van der Waals surface area contributed by atoms with Crippen molar-refractivity contribution < 1.29 is 0 Å². The van der Waals surface area contributed by atoms with Gasteiger partial charge in [-0.3, -0.25) is 0 Å². The smallest absolute Gasteiger partial charge is 0.103 e. The van der Waals surface area contributed by atoms with E-state index in [0.29, 0.717) is 0 Å². The molecule has 4 nitrogen and oxygen atoms in total. The molecule has 1 atom stereocenters. The SMILES string of the molecule is CCNC(CC)c1nnn(-c2cccc(C)c2Br)c1CC. The Morgan fingerprint density at radius 1 is 1.29 bits per heavy atom. The molecule has 114 valence electrons. The van der Waals surface area contributed by atoms with Crippen molar-refractivity contribution >= 4 is 15.9 Å². The molecule has 1 aromatic heterocycles. The van der Waals surface area contributed by atoms with Crippen LogP contribution in [0.25, 0.3) is 5.69 Å². The van der Waals surface area contributed by atoms with Crippen molar-refractivity contribution in [3.8, 4) is 5.69 Å². The van der Waals surface area contributed by atoms with Gasteiger partial charge in [0, 0.05) is 4.47 Å². The predicted octanol–water partition coefficient (Wildman–Crippen LogP) is 3.96. The molecule has 0 radical (unpaired) electrons. The van der Waals surface area contributed by atoms with Crippen LogP contribution in [0.15, 0.2) is 22.7 Å². The molecule has 1 N–H and O–H groups in total. The van der Waals surface area contributed by atoms with Crippen molar-refractivity contribution in [2.24, 2.45) is 0 Å². The summed E-state index contributed by atoms with van der Waals surface area (Å²) in [4.78, 5) is 0. The minimum atomic E-state index is 0.266. The third-order valence-electron chi connectivity index (χ3n) is 3.72. The largest absolute Gasteiger partial charge is 0.309 e. The Balaban J connectivity index is 2.51. The average Bonchev–Trinajstić information content (AvgIpc) is 2.91. The third-order valence-corrected chi connectivity index (χ3v) is 4.75. The number of benzene rings is 1. The Morgan fingerprint density at radius 3 is 2.67 bits per heavy atom. The second-order valence-electron chi connectivity index (χ2n) is 5.11. The Hall–Kier alpha value is -1.20. The van der Waals surface area contributed by atoms with E-state index in [1.54, 1.807) is 0 Å². The van der Waals surface area contributed by atoms with Gasteiger partial charge < -0.3 is 5.32 Å². The number of aryl methyl sites for hydroxylation is 1. The van der Waals surface area contributed by atoms with Crippen molar-refractivity contribution in [3.63, 3.8) is 0 Å². The number of nitrogens with zero attached hydrogens (tertiary/aromatic N) is 3. The van der Waals surface area contributed by atoms with Crippen molar-refractivity contribution in [1.82, 2.24) is 20.3 Å². The lowest BCUT2D eigenvalue weighted by Gasteiger charge is -2.15. The number of halogens is 1. The van der Waals surface area contributed by atoms with E-state index in [-0.39, 0.29) is 6.04 Å². The maximum absolute atomic E-state index is 4.45. The van der Waals surface area contributed by atoms with Gasteiger partial charge in [-0.25, -0.2) is 4.68 Å². The van der Waals surface area contributed by atoms with Crippen LogP contribution < -0.4 is 5.32 Å². The second kappa shape index (κ2) is 7.18. The first-order chi connectivity index (χ1) is 10.1. The highest BCUT2D eigenvalue weighted by molar-refractivity contribution is 9.10. The van der Waals surface area contributed by atoms with E-state index in [9.17, 15) is 0 Å². The van der Waals surface area contributed by atoms with Gasteiger partial charge in [0.1, 0.15) is 5.69 Å². The van der Waals surface area contributed by atoms with Gasteiger partial charge in [0.05, 0.1) is 17.4 Å². The number of aromatic nitrogens is 3. The zero-order valence-electron chi connectivity index (χ0n) is 13.2. The fourth-order valence-corrected chi connectivity index (χ4v) is 3.02. The summed E-state index contributed by atoms with van der Waals surface area (Å²) in [5.74, 6) is 0. The zero-order chi connectivity index (χ0) is 15.4. The number of hydrogen-bond donors (Lipinski definition) is 1. The summed E-state index contributed by atoms with van der Waals surface area (Å²) in [6.07, 6.45) is 1.92. The molecule has 0 fully saturated rings. The maximum Gasteiger partial charge on any atom is 0.103 e. The lowest BCUT2D eigenvalue weighted by atomic mass is 10.1. The lowest BCUT2D eigenvalue weighted by molar-refractivity contribution is 0.520. The van der Waals surface area contributed by atoms with Crippen molar-refractivity contribution in [1.29, 1.82) is 0 Å². The summed E-state index contributed by atoms with van der Waals surface area (Å²) in [5.41, 5.74) is 4.49. The van der Waals surface area contributed by atoms with E-state index in [0.717, 1.165) is 35.2 Å². The first-order valence-corrected chi connectivity index (χ1v) is 8.36. The van der Waals surface area contributed by atoms with Gasteiger partial charge in [0.15, 0.2) is 0 Å². The average molecular weight is 351 g/mol. The molecule has 1 heterocycles. The van der Waals surface area contributed by atoms with Crippen LogP contribution in [0.2, 0.25) is 0 Å². The quantitative estimate of drug-likeness (QED) is 0.857. The highest BCUT2D eigenvalue weighted by Crippen LogP contribution is 2.27. The summed E-state index contributed by atoms with van der Waals surface area (Å²) in [5, 5.41) is 12.3. The summed E-state index contributed by atoms with van der Waals surface area (Å²) in [7, 11) is 0. The van der Waals surface area contributed by atoms with Crippen LogP contribution in [0, 0.1) is 6.92 Å². The Bertz CT molecular complexity index is 606. The predicted molar refractivity (Wildman–Crippen MR) is 89.9 cm³/mol. The normalized spacial score (nSPS) is 12.6. The first kappa shape index (κ1) is 16.2. The van der Waals surface area contributed by atoms with Crippen LogP contribution in [-0.4, -0.2) is 21.5 Å². The molecule has 0 amide bonds. The van der Waals surface area contributed by atoms with Crippen LogP contribution in [-0.2, 0) is 6.42 Å². The Morgan fingerprint density at radius 2 is 2.05 bits per heavy atom. The Kier molecular flexibility index (Phi) is 5.53. The summed E-state index contributed by atoms with van der Waals surface area (Å²) >= 11 is 3.67. The van der Waals surface area contributed by atoms with Gasteiger partial charge in [-0.1, -0.05) is 38.1 Å². The molecule has 2 aromatic rings. The minimum Gasteiger partial charge on any atom is -0.309 e. The molecular formula is C16H23BrN4. The van der Waals surface area contributed by atoms with Gasteiger partial charge in [0.25, 0.3) is 0 Å². The first-order valence-electron chi connectivity index (χ1n) is 7.57. The second-order valence-corrected chi connectivity index (χ2v) is 5.91. The molecule has 1 unspecified atom stereocenters. The van der Waals surface area contributed by atoms with Crippen LogP contribution in [0.3, 0.4) is 0 Å². The summed E-state index contributed by atoms with van der Waals surface area (Å²) in [6, 6.07) is 6.48. The molecule has 21 heavy (non-hydrogen) atoms. The standard InChI is InChI=1S/C16H23BrN4/c1-5-12(18-7-3)16-13(6-2)21(20-19-16)14-10-8-9-11(4)15(14)17/h8-10,12,18H,5-7H2,1-4H3. The minimum absolute atomic E-state index is 0.266. The molecular weight excluding hydrogens is 328 g/mol. The van der Waals surface area contributed by atoms with E-state index in [1.165, 1.54) is 11.3 Å². The third kappa shape index (κ3) is 3.19. The molecule has 2 rings (SSSR count). The molecule has 1 aromatic carbocycles. The highest BCUT2D eigenvalue weighted by Gasteiger charge is 2.20. The van der Waals surface area contributed by atoms with E-state index in [4.69, 9.17) is 0 Å². The fraction of sp³-hybridized carbons (Fsp3) is 0.500. The van der Waals surface area contributed by atoms with Crippen LogP contribution >= 0.6 is 15.9 Å². The Labute approximate surface area is 135 Å². The van der Waals surface area contributed by atoms with Gasteiger partial charge in [-0.2, -0.15) is 0 Å². The van der Waals surface area contributed by atoms with Gasteiger partial charge in [-0.05, 0) is 53.9 Å². The van der Waals surface area contributed by atoms with E-state index >= 15 is 0 Å². The van der Waals surface area contributed by atoms with Gasteiger partial charge >= 0.3 is 0 Å². The zero-order valence-corrected chi connectivity index (χ0v) is 14.7. The maximum atomic E-state index is 4.45. The van der Waals surface area contributed by atoms with E-state index < -0.39 is 0 Å². The molecule has 5 heteroatoms. The van der Waals surface area contributed by atoms with Gasteiger partial charge in [0.2, 0.25) is 0 Å². The van der Waals surface area contributed by atoms with Crippen LogP contribution in [0.4, 0.5) is 0 Å². The summed E-state index contributed by atoms with van der Waals surface area (Å²) in [6.45, 7) is 9.47. The summed E-state index contributed by atoms with van der Waals surface area (Å²) < 4.78 is 3.04. The topological polar surface area (TPSA) is 42.7 Å². The van der Waals surface area contributed by atoms with Crippen molar-refractivity contribution in [2.45, 2.75) is 46.6 Å². The van der Waals surface area contributed by atoms with Gasteiger partial charge in [-0.15, -0.1) is 5.10 Å². The van der Waals surface area contributed by atoms with Crippen LogP contribution in [0.1, 0.15) is 50.2 Å².